The summed E-state index contributed by atoms with van der Waals surface area (Å²) in [6.07, 6.45) is 11.6. The number of furan rings is 1. The molecule has 4 aliphatic heterocycles. The van der Waals surface area contributed by atoms with Crippen molar-refractivity contribution in [3.05, 3.63) is 35.3 Å². The Morgan fingerprint density at radius 3 is 2.76 bits per heavy atom. The van der Waals surface area contributed by atoms with Gasteiger partial charge in [0.15, 0.2) is 0 Å². The zero-order valence-corrected chi connectivity index (χ0v) is 20.6. The number of hydrogen-bond donors (Lipinski definition) is 0. The van der Waals surface area contributed by atoms with E-state index in [9.17, 15) is 9.59 Å². The molecule has 0 radical (unpaired) electrons. The number of rotatable bonds is 1. The molecule has 2 amide bonds. The van der Waals surface area contributed by atoms with Crippen molar-refractivity contribution in [3.8, 4) is 0 Å². The molecule has 1 aliphatic carbocycles. The number of ether oxygens (including phenoxy) is 1. The lowest BCUT2D eigenvalue weighted by Gasteiger charge is -2.44. The van der Waals surface area contributed by atoms with Gasteiger partial charge in [-0.3, -0.25) is 9.69 Å². The Balaban J connectivity index is 1.62. The molecule has 1 spiro atoms. The van der Waals surface area contributed by atoms with Crippen molar-refractivity contribution in [3.63, 3.8) is 0 Å². The molecule has 33 heavy (non-hydrogen) atoms. The Hall–Kier alpha value is -2.24. The Labute approximate surface area is 197 Å². The van der Waals surface area contributed by atoms with Crippen LogP contribution in [0.3, 0.4) is 0 Å². The van der Waals surface area contributed by atoms with Crippen molar-refractivity contribution >= 4 is 12.0 Å². The van der Waals surface area contributed by atoms with E-state index in [1.165, 1.54) is 0 Å². The molecule has 0 aromatic carbocycles. The van der Waals surface area contributed by atoms with E-state index in [2.05, 4.69) is 30.0 Å². The first-order valence-electron chi connectivity index (χ1n) is 12.8. The summed E-state index contributed by atoms with van der Waals surface area (Å²) in [5.74, 6) is 2.13. The molecule has 0 N–H and O–H groups in total. The van der Waals surface area contributed by atoms with E-state index in [4.69, 9.17) is 9.15 Å². The SMILES string of the molecule is CC[C@H]1C[C@@]23C(=O)N4CCCC/C=C\CCc5cc(c(o5)[C@@H]2N1C(=O)OC(C)(C)C)[C@@H]3CC4. The molecule has 4 atom stereocenters. The van der Waals surface area contributed by atoms with Crippen LogP contribution in [-0.4, -0.2) is 46.5 Å². The van der Waals surface area contributed by atoms with Gasteiger partial charge in [-0.15, -0.1) is 0 Å². The predicted octanol–water partition coefficient (Wildman–Crippen LogP) is 5.73. The number of amides is 2. The van der Waals surface area contributed by atoms with Gasteiger partial charge in [0, 0.05) is 37.0 Å². The highest BCUT2D eigenvalue weighted by atomic mass is 16.6. The van der Waals surface area contributed by atoms with Gasteiger partial charge in [-0.1, -0.05) is 19.1 Å². The average Bonchev–Trinajstić information content (AvgIpc) is 3.36. The molecule has 0 saturated carbocycles. The van der Waals surface area contributed by atoms with Crippen molar-refractivity contribution in [2.75, 3.05) is 13.1 Å². The number of carbonyl (C=O) groups excluding carboxylic acids is 2. The normalized spacial score (nSPS) is 32.6. The third-order valence-corrected chi connectivity index (χ3v) is 8.04. The fraction of sp³-hybridized carbons (Fsp3) is 0.704. The fourth-order valence-corrected chi connectivity index (χ4v) is 6.71. The molecule has 5 heterocycles. The molecule has 0 unspecified atom stereocenters. The monoisotopic (exact) mass is 454 g/mol. The Kier molecular flexibility index (Phi) is 5.61. The number of allylic oxidation sites excluding steroid dienone is 2. The molecule has 180 valence electrons. The molecule has 1 aromatic heterocycles. The zero-order valence-electron chi connectivity index (χ0n) is 20.6. The van der Waals surface area contributed by atoms with Gasteiger partial charge in [-0.25, -0.2) is 4.79 Å². The van der Waals surface area contributed by atoms with Crippen LogP contribution in [-0.2, 0) is 16.0 Å². The molecule has 6 heteroatoms. The van der Waals surface area contributed by atoms with E-state index < -0.39 is 11.0 Å². The molecule has 2 fully saturated rings. The van der Waals surface area contributed by atoms with E-state index in [0.29, 0.717) is 6.42 Å². The van der Waals surface area contributed by atoms with Crippen molar-refractivity contribution < 1.29 is 18.7 Å². The minimum absolute atomic E-state index is 0.0280. The largest absolute Gasteiger partial charge is 0.464 e. The lowest BCUT2D eigenvalue weighted by atomic mass is 9.67. The average molecular weight is 455 g/mol. The molecule has 5 aliphatic rings. The highest BCUT2D eigenvalue weighted by Crippen LogP contribution is 2.67. The van der Waals surface area contributed by atoms with Crippen LogP contribution in [0, 0.1) is 5.41 Å². The number of aryl methyl sites for hydroxylation is 1. The number of likely N-dealkylation sites (tertiary alicyclic amines) is 1. The predicted molar refractivity (Wildman–Crippen MR) is 126 cm³/mol. The summed E-state index contributed by atoms with van der Waals surface area (Å²) in [5.41, 5.74) is -0.0595. The fourth-order valence-electron chi connectivity index (χ4n) is 6.71. The zero-order chi connectivity index (χ0) is 23.4. The summed E-state index contributed by atoms with van der Waals surface area (Å²) in [7, 11) is 0. The summed E-state index contributed by atoms with van der Waals surface area (Å²) < 4.78 is 12.4. The first-order chi connectivity index (χ1) is 15.8. The van der Waals surface area contributed by atoms with Gasteiger partial charge in [0.25, 0.3) is 0 Å². The second kappa shape index (κ2) is 8.21. The third kappa shape index (κ3) is 3.60. The van der Waals surface area contributed by atoms with Crippen LogP contribution < -0.4 is 0 Å². The van der Waals surface area contributed by atoms with Crippen molar-refractivity contribution in [2.24, 2.45) is 5.41 Å². The minimum Gasteiger partial charge on any atom is -0.464 e. The maximum Gasteiger partial charge on any atom is 0.411 e. The molecule has 6 bridgehead atoms. The van der Waals surface area contributed by atoms with Gasteiger partial charge in [-0.2, -0.15) is 0 Å². The first kappa shape index (κ1) is 22.5. The number of fused-ring (bicyclic) bond motifs is 7. The first-order valence-corrected chi connectivity index (χ1v) is 12.8. The van der Waals surface area contributed by atoms with Crippen LogP contribution in [0.15, 0.2) is 22.6 Å². The smallest absolute Gasteiger partial charge is 0.411 e. The Bertz CT molecular complexity index is 958. The lowest BCUT2D eigenvalue weighted by Crippen LogP contribution is -2.53. The molecular formula is C27H38N2O4. The topological polar surface area (TPSA) is 63.0 Å². The second-order valence-corrected chi connectivity index (χ2v) is 11.3. The minimum atomic E-state index is -0.624. The van der Waals surface area contributed by atoms with Crippen LogP contribution in [0.25, 0.3) is 0 Å². The molecule has 1 aromatic rings. The van der Waals surface area contributed by atoms with E-state index in [-0.39, 0.29) is 30.0 Å². The number of carbonyl (C=O) groups is 2. The van der Waals surface area contributed by atoms with E-state index in [1.54, 1.807) is 0 Å². The second-order valence-electron chi connectivity index (χ2n) is 11.3. The van der Waals surface area contributed by atoms with Crippen molar-refractivity contribution in [1.82, 2.24) is 9.80 Å². The van der Waals surface area contributed by atoms with Crippen molar-refractivity contribution in [1.29, 1.82) is 0 Å². The van der Waals surface area contributed by atoms with Gasteiger partial charge in [0.05, 0.1) is 5.41 Å². The molecule has 6 rings (SSSR count). The van der Waals surface area contributed by atoms with E-state index in [1.807, 2.05) is 25.7 Å². The summed E-state index contributed by atoms with van der Waals surface area (Å²) in [5, 5.41) is 0. The molecule has 2 saturated heterocycles. The summed E-state index contributed by atoms with van der Waals surface area (Å²) in [6, 6.07) is 1.78. The highest BCUT2D eigenvalue weighted by molar-refractivity contribution is 5.89. The van der Waals surface area contributed by atoms with Gasteiger partial charge in [0.2, 0.25) is 5.91 Å². The summed E-state index contributed by atoms with van der Waals surface area (Å²) >= 11 is 0. The Morgan fingerprint density at radius 1 is 1.21 bits per heavy atom. The number of piperidine rings is 1. The molecule has 6 nitrogen and oxygen atoms in total. The quantitative estimate of drug-likeness (QED) is 0.509. The van der Waals surface area contributed by atoms with E-state index >= 15 is 0 Å². The van der Waals surface area contributed by atoms with Crippen LogP contribution in [0.2, 0.25) is 0 Å². The van der Waals surface area contributed by atoms with E-state index in [0.717, 1.165) is 75.1 Å². The third-order valence-electron chi connectivity index (χ3n) is 8.04. The van der Waals surface area contributed by atoms with Crippen LogP contribution in [0.1, 0.15) is 102 Å². The van der Waals surface area contributed by atoms with Crippen LogP contribution in [0.4, 0.5) is 4.79 Å². The molecular weight excluding hydrogens is 416 g/mol. The number of hydrogen-bond acceptors (Lipinski definition) is 4. The summed E-state index contributed by atoms with van der Waals surface area (Å²) in [6.45, 7) is 9.38. The van der Waals surface area contributed by atoms with Gasteiger partial charge in [-0.05, 0) is 71.8 Å². The summed E-state index contributed by atoms with van der Waals surface area (Å²) in [4.78, 5) is 31.7. The van der Waals surface area contributed by atoms with Crippen molar-refractivity contribution in [2.45, 2.75) is 103 Å². The Morgan fingerprint density at radius 2 is 2.00 bits per heavy atom. The lowest BCUT2D eigenvalue weighted by molar-refractivity contribution is -0.149. The maximum absolute atomic E-state index is 14.2. The van der Waals surface area contributed by atoms with Gasteiger partial charge >= 0.3 is 6.09 Å². The van der Waals surface area contributed by atoms with Crippen LogP contribution >= 0.6 is 0 Å². The maximum atomic E-state index is 14.2. The van der Waals surface area contributed by atoms with Crippen LogP contribution in [0.5, 0.6) is 0 Å². The highest BCUT2D eigenvalue weighted by Gasteiger charge is 2.70. The van der Waals surface area contributed by atoms with Gasteiger partial charge in [0.1, 0.15) is 23.2 Å². The standard InChI is InChI=1S/C27H38N2O4/c1-5-18-17-27-21-13-15-28(24(27)30)14-11-9-7-6-8-10-12-19-16-20(21)22(32-19)23(27)29(18)25(31)33-26(2,3)4/h6,8,16,18,21,23H,5,7,9-15,17H2,1-4H3/b8-6-/t18-,21-,23-,27-/m0/s1. The van der Waals surface area contributed by atoms with Gasteiger partial charge < -0.3 is 14.1 Å². The number of nitrogens with zero attached hydrogens (tertiary/aromatic N) is 2.